The van der Waals surface area contributed by atoms with E-state index >= 15 is 0 Å². The molecule has 0 spiro atoms. The Morgan fingerprint density at radius 2 is 2.12 bits per heavy atom. The lowest BCUT2D eigenvalue weighted by Gasteiger charge is -2.11. The highest BCUT2D eigenvalue weighted by atomic mass is 16.4. The van der Waals surface area contributed by atoms with Gasteiger partial charge in [0, 0.05) is 17.6 Å². The number of pyridine rings is 1. The smallest absolute Gasteiger partial charge is 0.305 e. The topological polar surface area (TPSA) is 76.2 Å². The first-order chi connectivity index (χ1) is 7.68. The number of carboxylic acid groups (broad SMARTS) is 1. The van der Waals surface area contributed by atoms with E-state index in [4.69, 9.17) is 10.8 Å². The molecule has 0 bridgehead atoms. The Morgan fingerprint density at radius 1 is 1.38 bits per heavy atom. The Bertz CT molecular complexity index is 520. The van der Waals surface area contributed by atoms with Crippen LogP contribution in [-0.2, 0) is 4.79 Å². The lowest BCUT2D eigenvalue weighted by Crippen LogP contribution is -2.15. The van der Waals surface area contributed by atoms with E-state index in [9.17, 15) is 4.79 Å². The molecule has 1 aromatic carbocycles. The monoisotopic (exact) mass is 216 g/mol. The average Bonchev–Trinajstić information content (AvgIpc) is 2.27. The van der Waals surface area contributed by atoms with Crippen molar-refractivity contribution < 1.29 is 9.90 Å². The number of fused-ring (bicyclic) bond motifs is 1. The van der Waals surface area contributed by atoms with E-state index in [2.05, 4.69) is 4.98 Å². The lowest BCUT2D eigenvalue weighted by atomic mass is 10.0. The SMILES string of the molecule is N[C@@H](CC(=O)O)c1ccnc2ccccc12. The fourth-order valence-corrected chi connectivity index (χ4v) is 1.74. The predicted octanol–water partition coefficient (Wildman–Crippen LogP) is 1.71. The van der Waals surface area contributed by atoms with Gasteiger partial charge < -0.3 is 10.8 Å². The van der Waals surface area contributed by atoms with Gasteiger partial charge in [-0.3, -0.25) is 9.78 Å². The van der Waals surface area contributed by atoms with Crippen molar-refractivity contribution in [2.24, 2.45) is 5.73 Å². The summed E-state index contributed by atoms with van der Waals surface area (Å²) in [6.45, 7) is 0. The standard InChI is InChI=1S/C12H12N2O2/c13-10(7-12(15)16)8-5-6-14-11-4-2-1-3-9(8)11/h1-6,10H,7,13H2,(H,15,16)/t10-/m0/s1. The van der Waals surface area contributed by atoms with Crippen molar-refractivity contribution in [3.63, 3.8) is 0 Å². The molecule has 0 radical (unpaired) electrons. The number of para-hydroxylation sites is 1. The lowest BCUT2D eigenvalue weighted by molar-refractivity contribution is -0.137. The number of aromatic nitrogens is 1. The largest absolute Gasteiger partial charge is 0.481 e. The van der Waals surface area contributed by atoms with Crippen LogP contribution in [0.3, 0.4) is 0 Å². The highest BCUT2D eigenvalue weighted by Gasteiger charge is 2.13. The second-order valence-corrected chi connectivity index (χ2v) is 3.62. The van der Waals surface area contributed by atoms with Gasteiger partial charge in [0.1, 0.15) is 0 Å². The van der Waals surface area contributed by atoms with Crippen LogP contribution in [0.25, 0.3) is 10.9 Å². The molecule has 0 aliphatic carbocycles. The minimum absolute atomic E-state index is 0.0754. The first-order valence-corrected chi connectivity index (χ1v) is 4.99. The van der Waals surface area contributed by atoms with Gasteiger partial charge in [-0.1, -0.05) is 18.2 Å². The third-order valence-corrected chi connectivity index (χ3v) is 2.48. The quantitative estimate of drug-likeness (QED) is 0.818. The van der Waals surface area contributed by atoms with E-state index in [1.165, 1.54) is 0 Å². The van der Waals surface area contributed by atoms with Crippen LogP contribution >= 0.6 is 0 Å². The maximum absolute atomic E-state index is 10.6. The van der Waals surface area contributed by atoms with E-state index in [1.807, 2.05) is 24.3 Å². The minimum Gasteiger partial charge on any atom is -0.481 e. The number of aliphatic carboxylic acids is 1. The summed E-state index contributed by atoms with van der Waals surface area (Å²) in [7, 11) is 0. The Morgan fingerprint density at radius 3 is 2.88 bits per heavy atom. The van der Waals surface area contributed by atoms with Crippen LogP contribution in [0.1, 0.15) is 18.0 Å². The van der Waals surface area contributed by atoms with Crippen LogP contribution in [0, 0.1) is 0 Å². The minimum atomic E-state index is -0.895. The summed E-state index contributed by atoms with van der Waals surface area (Å²) in [6, 6.07) is 8.84. The molecule has 0 saturated carbocycles. The van der Waals surface area contributed by atoms with Crippen molar-refractivity contribution >= 4 is 16.9 Å². The third kappa shape index (κ3) is 2.01. The van der Waals surface area contributed by atoms with Crippen molar-refractivity contribution in [1.82, 2.24) is 4.98 Å². The highest BCUT2D eigenvalue weighted by molar-refractivity contribution is 5.83. The normalized spacial score (nSPS) is 12.6. The van der Waals surface area contributed by atoms with Crippen molar-refractivity contribution in [1.29, 1.82) is 0 Å². The van der Waals surface area contributed by atoms with E-state index in [1.54, 1.807) is 12.3 Å². The van der Waals surface area contributed by atoms with Crippen molar-refractivity contribution in [2.75, 3.05) is 0 Å². The number of carboxylic acids is 1. The summed E-state index contributed by atoms with van der Waals surface area (Å²) in [4.78, 5) is 14.8. The summed E-state index contributed by atoms with van der Waals surface area (Å²) in [5.41, 5.74) is 7.51. The van der Waals surface area contributed by atoms with Gasteiger partial charge in [0.15, 0.2) is 0 Å². The molecule has 0 unspecified atom stereocenters. The Kier molecular flexibility index (Phi) is 2.83. The summed E-state index contributed by atoms with van der Waals surface area (Å²) in [6.07, 6.45) is 1.58. The van der Waals surface area contributed by atoms with Crippen LogP contribution < -0.4 is 5.73 Å². The average molecular weight is 216 g/mol. The van der Waals surface area contributed by atoms with Gasteiger partial charge in [-0.2, -0.15) is 0 Å². The molecule has 0 aliphatic rings. The second-order valence-electron chi connectivity index (χ2n) is 3.62. The van der Waals surface area contributed by atoms with Crippen molar-refractivity contribution in [3.05, 3.63) is 42.1 Å². The number of hydrogen-bond donors (Lipinski definition) is 2. The maximum atomic E-state index is 10.6. The Hall–Kier alpha value is -1.94. The molecule has 4 nitrogen and oxygen atoms in total. The van der Waals surface area contributed by atoms with Gasteiger partial charge in [0.05, 0.1) is 11.9 Å². The van der Waals surface area contributed by atoms with Gasteiger partial charge in [0.2, 0.25) is 0 Å². The van der Waals surface area contributed by atoms with Gasteiger partial charge >= 0.3 is 5.97 Å². The summed E-state index contributed by atoms with van der Waals surface area (Å²) in [5.74, 6) is -0.895. The molecule has 4 heteroatoms. The number of carbonyl (C=O) groups is 1. The maximum Gasteiger partial charge on any atom is 0.305 e. The molecule has 0 amide bonds. The summed E-state index contributed by atoms with van der Waals surface area (Å²) < 4.78 is 0. The second kappa shape index (κ2) is 4.28. The molecular formula is C12H12N2O2. The first kappa shape index (κ1) is 10.6. The predicted molar refractivity (Wildman–Crippen MR) is 60.9 cm³/mol. The molecule has 0 fully saturated rings. The molecule has 1 aromatic heterocycles. The van der Waals surface area contributed by atoms with Gasteiger partial charge in [-0.05, 0) is 17.7 Å². The molecule has 1 atom stereocenters. The highest BCUT2D eigenvalue weighted by Crippen LogP contribution is 2.22. The molecule has 0 saturated heterocycles. The molecular weight excluding hydrogens is 204 g/mol. The van der Waals surface area contributed by atoms with E-state index < -0.39 is 12.0 Å². The zero-order chi connectivity index (χ0) is 11.5. The summed E-state index contributed by atoms with van der Waals surface area (Å²) in [5, 5.41) is 9.64. The third-order valence-electron chi connectivity index (χ3n) is 2.48. The van der Waals surface area contributed by atoms with Crippen LogP contribution in [0.4, 0.5) is 0 Å². The zero-order valence-corrected chi connectivity index (χ0v) is 8.63. The van der Waals surface area contributed by atoms with Gasteiger partial charge in [0.25, 0.3) is 0 Å². The van der Waals surface area contributed by atoms with Crippen LogP contribution in [-0.4, -0.2) is 16.1 Å². The van der Waals surface area contributed by atoms with Gasteiger partial charge in [-0.25, -0.2) is 0 Å². The molecule has 2 aromatic rings. The number of nitrogens with zero attached hydrogens (tertiary/aromatic N) is 1. The van der Waals surface area contributed by atoms with Crippen LogP contribution in [0.2, 0.25) is 0 Å². The van der Waals surface area contributed by atoms with E-state index in [0.717, 1.165) is 16.5 Å². The molecule has 82 valence electrons. The number of benzene rings is 1. The fraction of sp³-hybridized carbons (Fsp3) is 0.167. The molecule has 3 N–H and O–H groups in total. The molecule has 16 heavy (non-hydrogen) atoms. The first-order valence-electron chi connectivity index (χ1n) is 4.99. The fourth-order valence-electron chi connectivity index (χ4n) is 1.74. The Balaban J connectivity index is 2.47. The van der Waals surface area contributed by atoms with Crippen LogP contribution in [0.5, 0.6) is 0 Å². The van der Waals surface area contributed by atoms with Crippen molar-refractivity contribution in [2.45, 2.75) is 12.5 Å². The van der Waals surface area contributed by atoms with Crippen molar-refractivity contribution in [3.8, 4) is 0 Å². The van der Waals surface area contributed by atoms with E-state index in [0.29, 0.717) is 0 Å². The van der Waals surface area contributed by atoms with Gasteiger partial charge in [-0.15, -0.1) is 0 Å². The Labute approximate surface area is 92.7 Å². The zero-order valence-electron chi connectivity index (χ0n) is 8.63. The van der Waals surface area contributed by atoms with Crippen LogP contribution in [0.15, 0.2) is 36.5 Å². The molecule has 1 heterocycles. The number of hydrogen-bond acceptors (Lipinski definition) is 3. The summed E-state index contributed by atoms with van der Waals surface area (Å²) >= 11 is 0. The van der Waals surface area contributed by atoms with E-state index in [-0.39, 0.29) is 6.42 Å². The molecule has 0 aliphatic heterocycles. The molecule has 2 rings (SSSR count). The number of rotatable bonds is 3. The number of nitrogens with two attached hydrogens (primary N) is 1.